The predicted molar refractivity (Wildman–Crippen MR) is 61.5 cm³/mol. The van der Waals surface area contributed by atoms with Gasteiger partial charge in [-0.15, -0.1) is 0 Å². The summed E-state index contributed by atoms with van der Waals surface area (Å²) < 4.78 is 6.53. The quantitative estimate of drug-likeness (QED) is 0.830. The van der Waals surface area contributed by atoms with E-state index in [1.54, 1.807) is 31.4 Å². The number of nitrogens with zero attached hydrogens (tertiary/aromatic N) is 2. The van der Waals surface area contributed by atoms with Crippen LogP contribution in [-0.2, 0) is 0 Å². The third-order valence-corrected chi connectivity index (χ3v) is 2.36. The number of hydrogen-bond donors (Lipinski definition) is 2. The highest BCUT2D eigenvalue weighted by atomic mass is 16.5. The lowest BCUT2D eigenvalue weighted by Gasteiger charge is -2.06. The average Bonchev–Trinajstić information content (AvgIpc) is 2.71. The standard InChI is InChI=1S/C11H11N3O3/c1-17-8-4-2-7(3-5-8)14-6-13-9(10(14)12)11(15)16/h2-6H,12H2,1H3,(H,15,16). The topological polar surface area (TPSA) is 90.4 Å². The number of carbonyl (C=O) groups is 1. The van der Waals surface area contributed by atoms with Gasteiger partial charge in [-0.1, -0.05) is 0 Å². The Bertz CT molecular complexity index is 546. The largest absolute Gasteiger partial charge is 0.497 e. The number of aromatic nitrogens is 2. The molecule has 17 heavy (non-hydrogen) atoms. The highest BCUT2D eigenvalue weighted by Gasteiger charge is 2.14. The minimum absolute atomic E-state index is 0.0997. The molecule has 6 heteroatoms. The van der Waals surface area contributed by atoms with Crippen LogP contribution in [0, 0.1) is 0 Å². The van der Waals surface area contributed by atoms with Crippen molar-refractivity contribution >= 4 is 11.8 Å². The van der Waals surface area contributed by atoms with Crippen LogP contribution in [0.4, 0.5) is 5.82 Å². The van der Waals surface area contributed by atoms with Crippen molar-refractivity contribution in [1.82, 2.24) is 9.55 Å². The summed E-state index contributed by atoms with van der Waals surface area (Å²) in [6, 6.07) is 7.05. The Hall–Kier alpha value is -2.50. The molecule has 0 atom stereocenters. The van der Waals surface area contributed by atoms with Gasteiger partial charge in [0.1, 0.15) is 17.9 Å². The highest BCUT2D eigenvalue weighted by Crippen LogP contribution is 2.19. The lowest BCUT2D eigenvalue weighted by Crippen LogP contribution is -2.05. The minimum Gasteiger partial charge on any atom is -0.497 e. The maximum atomic E-state index is 10.8. The maximum Gasteiger partial charge on any atom is 0.358 e. The number of nitrogens with two attached hydrogens (primary N) is 1. The van der Waals surface area contributed by atoms with E-state index in [0.717, 1.165) is 5.69 Å². The van der Waals surface area contributed by atoms with E-state index in [1.807, 2.05) is 0 Å². The Balaban J connectivity index is 2.42. The number of ether oxygens (including phenoxy) is 1. The van der Waals surface area contributed by atoms with Crippen LogP contribution in [0.5, 0.6) is 5.75 Å². The first kappa shape index (κ1) is 11.0. The number of hydrogen-bond acceptors (Lipinski definition) is 4. The van der Waals surface area contributed by atoms with Crippen LogP contribution < -0.4 is 10.5 Å². The minimum atomic E-state index is -1.14. The number of rotatable bonds is 3. The number of carboxylic acid groups (broad SMARTS) is 1. The zero-order chi connectivity index (χ0) is 12.4. The molecule has 6 nitrogen and oxygen atoms in total. The van der Waals surface area contributed by atoms with Gasteiger partial charge < -0.3 is 15.6 Å². The van der Waals surface area contributed by atoms with Gasteiger partial charge in [-0.3, -0.25) is 4.57 Å². The Kier molecular flexibility index (Phi) is 2.70. The van der Waals surface area contributed by atoms with E-state index in [4.69, 9.17) is 15.6 Å². The Morgan fingerprint density at radius 2 is 2.06 bits per heavy atom. The van der Waals surface area contributed by atoms with Gasteiger partial charge in [0.05, 0.1) is 7.11 Å². The number of methoxy groups -OCH3 is 1. The van der Waals surface area contributed by atoms with Gasteiger partial charge in [-0.25, -0.2) is 9.78 Å². The maximum absolute atomic E-state index is 10.8. The van der Waals surface area contributed by atoms with Crippen molar-refractivity contribution in [3.05, 3.63) is 36.3 Å². The van der Waals surface area contributed by atoms with Gasteiger partial charge in [-0.05, 0) is 24.3 Å². The van der Waals surface area contributed by atoms with E-state index in [2.05, 4.69) is 4.98 Å². The SMILES string of the molecule is COc1ccc(-n2cnc(C(=O)O)c2N)cc1. The Morgan fingerprint density at radius 1 is 1.41 bits per heavy atom. The lowest BCUT2D eigenvalue weighted by atomic mass is 10.3. The van der Waals surface area contributed by atoms with Crippen molar-refractivity contribution in [2.24, 2.45) is 0 Å². The molecule has 1 heterocycles. The number of nitrogen functional groups attached to an aromatic ring is 1. The number of aromatic carboxylic acids is 1. The molecule has 0 saturated heterocycles. The zero-order valence-corrected chi connectivity index (χ0v) is 9.12. The van der Waals surface area contributed by atoms with Gasteiger partial charge >= 0.3 is 5.97 Å². The van der Waals surface area contributed by atoms with Crippen molar-refractivity contribution in [2.75, 3.05) is 12.8 Å². The van der Waals surface area contributed by atoms with E-state index in [1.165, 1.54) is 10.9 Å². The lowest BCUT2D eigenvalue weighted by molar-refractivity contribution is 0.0692. The van der Waals surface area contributed by atoms with Crippen LogP contribution in [0.25, 0.3) is 5.69 Å². The first-order valence-electron chi connectivity index (χ1n) is 4.84. The summed E-state index contributed by atoms with van der Waals surface area (Å²) in [7, 11) is 1.57. The average molecular weight is 233 g/mol. The first-order chi connectivity index (χ1) is 8.13. The van der Waals surface area contributed by atoms with Gasteiger partial charge in [0.25, 0.3) is 0 Å². The van der Waals surface area contributed by atoms with Crippen molar-refractivity contribution in [1.29, 1.82) is 0 Å². The van der Waals surface area contributed by atoms with Crippen molar-refractivity contribution in [2.45, 2.75) is 0 Å². The molecule has 0 bridgehead atoms. The molecular weight excluding hydrogens is 222 g/mol. The van der Waals surface area contributed by atoms with E-state index < -0.39 is 5.97 Å². The molecule has 0 saturated carbocycles. The van der Waals surface area contributed by atoms with Crippen LogP contribution in [0.3, 0.4) is 0 Å². The monoisotopic (exact) mass is 233 g/mol. The van der Waals surface area contributed by atoms with Crippen molar-refractivity contribution in [3.63, 3.8) is 0 Å². The molecule has 0 fully saturated rings. The van der Waals surface area contributed by atoms with Gasteiger partial charge in [0, 0.05) is 5.69 Å². The second-order valence-electron chi connectivity index (χ2n) is 3.35. The molecule has 0 aliphatic heterocycles. The third kappa shape index (κ3) is 1.92. The predicted octanol–water partition coefficient (Wildman–Crippen LogP) is 1.16. The van der Waals surface area contributed by atoms with E-state index in [-0.39, 0.29) is 11.5 Å². The summed E-state index contributed by atoms with van der Waals surface area (Å²) in [5.41, 5.74) is 6.27. The number of imidazole rings is 1. The fraction of sp³-hybridized carbons (Fsp3) is 0.0909. The van der Waals surface area contributed by atoms with Gasteiger partial charge in [-0.2, -0.15) is 0 Å². The molecule has 0 aliphatic carbocycles. The normalized spacial score (nSPS) is 10.2. The fourth-order valence-corrected chi connectivity index (χ4v) is 1.47. The summed E-state index contributed by atoms with van der Waals surface area (Å²) in [5, 5.41) is 8.83. The molecular formula is C11H11N3O3. The Morgan fingerprint density at radius 3 is 2.53 bits per heavy atom. The summed E-state index contributed by atoms with van der Waals surface area (Å²) >= 11 is 0. The third-order valence-electron chi connectivity index (χ3n) is 2.36. The van der Waals surface area contributed by atoms with Gasteiger partial charge in [0.15, 0.2) is 5.69 Å². The molecule has 1 aromatic heterocycles. The molecule has 0 unspecified atom stereocenters. The van der Waals surface area contributed by atoms with E-state index >= 15 is 0 Å². The second-order valence-corrected chi connectivity index (χ2v) is 3.35. The molecule has 0 spiro atoms. The Labute approximate surface area is 97.3 Å². The zero-order valence-electron chi connectivity index (χ0n) is 9.12. The van der Waals surface area contributed by atoms with Crippen LogP contribution in [0.1, 0.15) is 10.5 Å². The number of anilines is 1. The second kappa shape index (κ2) is 4.17. The van der Waals surface area contributed by atoms with Crippen LogP contribution in [0.15, 0.2) is 30.6 Å². The number of benzene rings is 1. The van der Waals surface area contributed by atoms with Crippen LogP contribution in [0.2, 0.25) is 0 Å². The molecule has 0 radical (unpaired) electrons. The van der Waals surface area contributed by atoms with Crippen LogP contribution >= 0.6 is 0 Å². The van der Waals surface area contributed by atoms with E-state index in [0.29, 0.717) is 5.75 Å². The molecule has 1 aromatic carbocycles. The van der Waals surface area contributed by atoms with E-state index in [9.17, 15) is 4.79 Å². The summed E-state index contributed by atoms with van der Waals surface area (Å²) in [5.74, 6) is -0.330. The number of carboxylic acids is 1. The van der Waals surface area contributed by atoms with Crippen molar-refractivity contribution < 1.29 is 14.6 Å². The summed E-state index contributed by atoms with van der Waals surface area (Å²) in [4.78, 5) is 14.5. The molecule has 88 valence electrons. The molecule has 0 amide bonds. The summed E-state index contributed by atoms with van der Waals surface area (Å²) in [6.07, 6.45) is 1.38. The smallest absolute Gasteiger partial charge is 0.358 e. The molecule has 2 aromatic rings. The van der Waals surface area contributed by atoms with Crippen molar-refractivity contribution in [3.8, 4) is 11.4 Å². The molecule has 0 aliphatic rings. The fourth-order valence-electron chi connectivity index (χ4n) is 1.47. The summed E-state index contributed by atoms with van der Waals surface area (Å²) in [6.45, 7) is 0. The first-order valence-corrected chi connectivity index (χ1v) is 4.84. The highest BCUT2D eigenvalue weighted by molar-refractivity contribution is 5.90. The van der Waals surface area contributed by atoms with Crippen LogP contribution in [-0.4, -0.2) is 27.7 Å². The van der Waals surface area contributed by atoms with Gasteiger partial charge in [0.2, 0.25) is 0 Å². The molecule has 3 N–H and O–H groups in total. The molecule has 2 rings (SSSR count).